The van der Waals surface area contributed by atoms with Crippen LogP contribution in [0.25, 0.3) is 22.2 Å². The van der Waals surface area contributed by atoms with Crippen LogP contribution in [-0.4, -0.2) is 22.8 Å². The zero-order chi connectivity index (χ0) is 15.8. The number of hydrogen-bond acceptors (Lipinski definition) is 5. The molecule has 118 valence electrons. The molecule has 1 fully saturated rings. The van der Waals surface area contributed by atoms with Crippen LogP contribution in [0.4, 0.5) is 0 Å². The molecule has 2 heterocycles. The third-order valence-electron chi connectivity index (χ3n) is 3.85. The molecule has 1 aliphatic carbocycles. The van der Waals surface area contributed by atoms with Crippen LogP contribution in [-0.2, 0) is 0 Å². The average Bonchev–Trinajstić information content (AvgIpc) is 3.34. The van der Waals surface area contributed by atoms with Crippen molar-refractivity contribution in [3.63, 3.8) is 0 Å². The van der Waals surface area contributed by atoms with Crippen molar-refractivity contribution in [2.75, 3.05) is 12.9 Å². The maximum absolute atomic E-state index is 6.02. The van der Waals surface area contributed by atoms with Gasteiger partial charge >= 0.3 is 0 Å². The van der Waals surface area contributed by atoms with Gasteiger partial charge < -0.3 is 9.15 Å². The fourth-order valence-electron chi connectivity index (χ4n) is 2.46. The Kier molecular flexibility index (Phi) is 4.03. The Bertz CT molecular complexity index is 847. The second-order valence-electron chi connectivity index (χ2n) is 5.57. The number of thioether (sulfide) groups is 1. The molecule has 0 N–H and O–H groups in total. The van der Waals surface area contributed by atoms with Crippen molar-refractivity contribution in [3.05, 3.63) is 35.0 Å². The van der Waals surface area contributed by atoms with Gasteiger partial charge in [-0.05, 0) is 46.5 Å². The smallest absolute Gasteiger partial charge is 0.236 e. The lowest BCUT2D eigenvalue weighted by Gasteiger charge is -2.08. The molecule has 1 saturated carbocycles. The van der Waals surface area contributed by atoms with Gasteiger partial charge in [-0.3, -0.25) is 0 Å². The number of fused-ring (bicyclic) bond motifs is 1. The summed E-state index contributed by atoms with van der Waals surface area (Å²) >= 11 is 5.00. The molecule has 2 aromatic heterocycles. The Morgan fingerprint density at radius 2 is 2.04 bits per heavy atom. The van der Waals surface area contributed by atoms with Gasteiger partial charge in [-0.2, -0.15) is 9.97 Å². The van der Waals surface area contributed by atoms with E-state index in [2.05, 4.69) is 25.9 Å². The van der Waals surface area contributed by atoms with E-state index in [-0.39, 0.29) is 0 Å². The average molecular weight is 391 g/mol. The van der Waals surface area contributed by atoms with Gasteiger partial charge in [-0.1, -0.05) is 42.1 Å². The fraction of sp³-hybridized carbons (Fsp3) is 0.294. The van der Waals surface area contributed by atoms with Crippen LogP contribution in [0.3, 0.4) is 0 Å². The third-order valence-corrected chi connectivity index (χ3v) is 4.96. The second kappa shape index (κ2) is 6.17. The van der Waals surface area contributed by atoms with Crippen molar-refractivity contribution in [1.29, 1.82) is 0 Å². The van der Waals surface area contributed by atoms with Gasteiger partial charge in [0.1, 0.15) is 5.39 Å². The second-order valence-corrected chi connectivity index (χ2v) is 7.06. The molecule has 0 radical (unpaired) electrons. The predicted octanol–water partition coefficient (Wildman–Crippen LogP) is 5.16. The molecule has 0 aliphatic heterocycles. The van der Waals surface area contributed by atoms with Crippen molar-refractivity contribution in [3.8, 4) is 17.0 Å². The van der Waals surface area contributed by atoms with Crippen LogP contribution in [0.2, 0.25) is 0 Å². The minimum absolute atomic E-state index is 0.556. The molecule has 23 heavy (non-hydrogen) atoms. The largest absolute Gasteiger partial charge is 0.477 e. The van der Waals surface area contributed by atoms with Gasteiger partial charge in [0, 0.05) is 5.56 Å². The van der Waals surface area contributed by atoms with E-state index in [1.165, 1.54) is 24.6 Å². The SMILES string of the molecule is CSc1nc(OCC2CC2)c2c(-c3ccccc3)c(Br)oc2n1. The van der Waals surface area contributed by atoms with Crippen molar-refractivity contribution in [1.82, 2.24) is 9.97 Å². The van der Waals surface area contributed by atoms with Crippen molar-refractivity contribution >= 4 is 38.8 Å². The molecule has 0 unspecified atom stereocenters. The summed E-state index contributed by atoms with van der Waals surface area (Å²) in [6, 6.07) is 10.1. The normalized spacial score (nSPS) is 14.3. The molecule has 4 rings (SSSR count). The van der Waals surface area contributed by atoms with Gasteiger partial charge in [0.05, 0.1) is 6.61 Å². The van der Waals surface area contributed by atoms with Crippen molar-refractivity contribution < 1.29 is 9.15 Å². The highest BCUT2D eigenvalue weighted by molar-refractivity contribution is 9.10. The molecule has 1 aromatic carbocycles. The van der Waals surface area contributed by atoms with Gasteiger partial charge in [0.25, 0.3) is 0 Å². The highest BCUT2D eigenvalue weighted by atomic mass is 79.9. The number of aromatic nitrogens is 2. The van der Waals surface area contributed by atoms with Crippen LogP contribution in [0, 0.1) is 5.92 Å². The van der Waals surface area contributed by atoms with E-state index in [9.17, 15) is 0 Å². The molecule has 0 saturated heterocycles. The molecule has 1 aliphatic rings. The Labute approximate surface area is 146 Å². The Hall–Kier alpha value is -1.53. The molecule has 4 nitrogen and oxygen atoms in total. The highest BCUT2D eigenvalue weighted by Crippen LogP contribution is 2.42. The first-order chi connectivity index (χ1) is 11.3. The molecule has 0 amide bonds. The Morgan fingerprint density at radius 1 is 1.26 bits per heavy atom. The first kappa shape index (κ1) is 15.0. The summed E-state index contributed by atoms with van der Waals surface area (Å²) in [6.45, 7) is 0.705. The molecule has 0 atom stereocenters. The van der Waals surface area contributed by atoms with Gasteiger partial charge in [0.15, 0.2) is 9.83 Å². The molecule has 3 aromatic rings. The number of benzene rings is 1. The quantitative estimate of drug-likeness (QED) is 0.444. The van der Waals surface area contributed by atoms with Crippen molar-refractivity contribution in [2.45, 2.75) is 18.0 Å². The van der Waals surface area contributed by atoms with E-state index in [1.54, 1.807) is 0 Å². The number of rotatable bonds is 5. The first-order valence-electron chi connectivity index (χ1n) is 7.48. The molecule has 0 spiro atoms. The minimum atomic E-state index is 0.556. The molecule has 6 heteroatoms. The van der Waals surface area contributed by atoms with E-state index in [1.807, 2.05) is 36.6 Å². The van der Waals surface area contributed by atoms with Crippen molar-refractivity contribution in [2.24, 2.45) is 5.92 Å². The maximum atomic E-state index is 6.02. The van der Waals surface area contributed by atoms with Gasteiger partial charge in [-0.15, -0.1) is 0 Å². The number of halogens is 1. The lowest BCUT2D eigenvalue weighted by molar-refractivity contribution is 0.289. The fourth-order valence-corrected chi connectivity index (χ4v) is 3.39. The van der Waals surface area contributed by atoms with Crippen LogP contribution in [0.1, 0.15) is 12.8 Å². The van der Waals surface area contributed by atoms with Crippen LogP contribution >= 0.6 is 27.7 Å². The lowest BCUT2D eigenvalue weighted by atomic mass is 10.1. The van der Waals surface area contributed by atoms with E-state index in [4.69, 9.17) is 9.15 Å². The number of ether oxygens (including phenoxy) is 1. The van der Waals surface area contributed by atoms with Crippen LogP contribution < -0.4 is 4.74 Å². The summed E-state index contributed by atoms with van der Waals surface area (Å²) in [5, 5.41) is 1.49. The summed E-state index contributed by atoms with van der Waals surface area (Å²) in [5.41, 5.74) is 2.55. The van der Waals surface area contributed by atoms with Gasteiger partial charge in [0.2, 0.25) is 11.6 Å². The summed E-state index contributed by atoms with van der Waals surface area (Å²) in [7, 11) is 0. The maximum Gasteiger partial charge on any atom is 0.236 e. The number of hydrogen-bond donors (Lipinski definition) is 0. The van der Waals surface area contributed by atoms with E-state index in [0.29, 0.717) is 33.9 Å². The molecular formula is C17H15BrN2O2S. The predicted molar refractivity (Wildman–Crippen MR) is 94.9 cm³/mol. The van der Waals surface area contributed by atoms with Crippen LogP contribution in [0.15, 0.2) is 44.6 Å². The molecular weight excluding hydrogens is 376 g/mol. The standard InChI is InChI=1S/C17H15BrN2O2S/c1-23-17-19-15(21-9-10-7-8-10)13-12(11-5-3-2-4-6-11)14(18)22-16(13)20-17/h2-6,10H,7-9H2,1H3. The number of nitrogens with zero attached hydrogens (tertiary/aromatic N) is 2. The Balaban J connectivity index is 1.89. The highest BCUT2D eigenvalue weighted by Gasteiger charge is 2.25. The minimum Gasteiger partial charge on any atom is -0.477 e. The topological polar surface area (TPSA) is 48.2 Å². The Morgan fingerprint density at radius 3 is 2.74 bits per heavy atom. The van der Waals surface area contributed by atoms with E-state index >= 15 is 0 Å². The zero-order valence-corrected chi connectivity index (χ0v) is 15.0. The molecule has 0 bridgehead atoms. The lowest BCUT2D eigenvalue weighted by Crippen LogP contribution is -2.02. The third kappa shape index (κ3) is 2.97. The summed E-state index contributed by atoms with van der Waals surface area (Å²) in [5.74, 6) is 1.27. The van der Waals surface area contributed by atoms with Gasteiger partial charge in [-0.25, -0.2) is 0 Å². The van der Waals surface area contributed by atoms with Crippen LogP contribution in [0.5, 0.6) is 5.88 Å². The van der Waals surface area contributed by atoms with E-state index in [0.717, 1.165) is 16.5 Å². The first-order valence-corrected chi connectivity index (χ1v) is 9.50. The van der Waals surface area contributed by atoms with E-state index < -0.39 is 0 Å². The summed E-state index contributed by atoms with van der Waals surface area (Å²) in [4.78, 5) is 9.05. The monoisotopic (exact) mass is 390 g/mol. The summed E-state index contributed by atoms with van der Waals surface area (Å²) < 4.78 is 12.5. The zero-order valence-electron chi connectivity index (χ0n) is 12.6. The number of furan rings is 1. The summed E-state index contributed by atoms with van der Waals surface area (Å²) in [6.07, 6.45) is 4.43.